The van der Waals surface area contributed by atoms with Crippen LogP contribution >= 0.6 is 0 Å². The van der Waals surface area contributed by atoms with Crippen LogP contribution in [0, 0.1) is 0 Å². The lowest BCUT2D eigenvalue weighted by molar-refractivity contribution is 0.410. The van der Waals surface area contributed by atoms with Crippen molar-refractivity contribution in [3.05, 3.63) is 0 Å². The van der Waals surface area contributed by atoms with Crippen molar-refractivity contribution < 1.29 is 13.0 Å². The number of hydrogen-bond donors (Lipinski definition) is 1. The van der Waals surface area contributed by atoms with Gasteiger partial charge in [-0.05, 0) is 20.8 Å². The Bertz CT molecular complexity index is 176. The maximum Gasteiger partial charge on any atom is 0.159 e. The standard InChI is InChI=1S/C4H11NO3S/c1-4(2,3)5-9(6,7)8/h5H,1-3H3,(H,6,7,8)/p-1. The smallest absolute Gasteiger partial charge is 0.159 e. The van der Waals surface area contributed by atoms with E-state index in [2.05, 4.69) is 0 Å². The molecule has 5 heteroatoms. The summed E-state index contributed by atoms with van der Waals surface area (Å²) in [6, 6.07) is 0. The fourth-order valence-corrected chi connectivity index (χ4v) is 1.12. The molecule has 9 heavy (non-hydrogen) atoms. The Morgan fingerprint density at radius 3 is 1.67 bits per heavy atom. The molecular formula is C4H10NO3S-. The van der Waals surface area contributed by atoms with Crippen molar-refractivity contribution in [2.24, 2.45) is 0 Å². The van der Waals surface area contributed by atoms with Gasteiger partial charge in [0, 0.05) is 5.54 Å². The molecule has 0 fully saturated rings. The molecule has 0 radical (unpaired) electrons. The second-order valence-electron chi connectivity index (χ2n) is 2.81. The van der Waals surface area contributed by atoms with Crippen molar-refractivity contribution >= 4 is 10.3 Å². The van der Waals surface area contributed by atoms with Crippen molar-refractivity contribution in [1.82, 2.24) is 4.72 Å². The van der Waals surface area contributed by atoms with Crippen LogP contribution in [0.2, 0.25) is 0 Å². The second kappa shape index (κ2) is 2.24. The summed E-state index contributed by atoms with van der Waals surface area (Å²) in [5.74, 6) is 0. The van der Waals surface area contributed by atoms with E-state index in [1.54, 1.807) is 20.8 Å². The zero-order chi connectivity index (χ0) is 7.71. The molecule has 0 rings (SSSR count). The summed E-state index contributed by atoms with van der Waals surface area (Å²) in [7, 11) is -4.28. The van der Waals surface area contributed by atoms with Gasteiger partial charge in [-0.15, -0.1) is 0 Å². The molecule has 0 unspecified atom stereocenters. The van der Waals surface area contributed by atoms with Crippen molar-refractivity contribution in [1.29, 1.82) is 0 Å². The first-order chi connectivity index (χ1) is 3.71. The zero-order valence-electron chi connectivity index (χ0n) is 5.63. The van der Waals surface area contributed by atoms with Crippen LogP contribution in [0.4, 0.5) is 0 Å². The van der Waals surface area contributed by atoms with Gasteiger partial charge in [0.25, 0.3) is 0 Å². The van der Waals surface area contributed by atoms with Gasteiger partial charge in [-0.25, -0.2) is 13.1 Å². The van der Waals surface area contributed by atoms with Crippen molar-refractivity contribution in [3.8, 4) is 0 Å². The minimum absolute atomic E-state index is 0.666. The van der Waals surface area contributed by atoms with Gasteiger partial charge in [-0.3, -0.25) is 0 Å². The largest absolute Gasteiger partial charge is 0.735 e. The Kier molecular flexibility index (Phi) is 2.21. The van der Waals surface area contributed by atoms with Gasteiger partial charge in [0.2, 0.25) is 0 Å². The Balaban J connectivity index is 4.07. The van der Waals surface area contributed by atoms with Crippen LogP contribution in [0.15, 0.2) is 0 Å². The number of nitrogens with one attached hydrogen (secondary N) is 1. The second-order valence-corrected chi connectivity index (χ2v) is 3.92. The average molecular weight is 152 g/mol. The molecular weight excluding hydrogens is 142 g/mol. The third-order valence-electron chi connectivity index (χ3n) is 0.431. The first-order valence-electron chi connectivity index (χ1n) is 2.45. The van der Waals surface area contributed by atoms with E-state index in [0.717, 1.165) is 0 Å². The molecule has 0 aliphatic carbocycles. The van der Waals surface area contributed by atoms with E-state index in [4.69, 9.17) is 0 Å². The van der Waals surface area contributed by atoms with Crippen LogP contribution in [-0.4, -0.2) is 18.5 Å². The van der Waals surface area contributed by atoms with E-state index >= 15 is 0 Å². The van der Waals surface area contributed by atoms with E-state index in [9.17, 15) is 13.0 Å². The number of hydrogen-bond acceptors (Lipinski definition) is 3. The zero-order valence-corrected chi connectivity index (χ0v) is 6.45. The molecule has 0 aromatic carbocycles. The van der Waals surface area contributed by atoms with Crippen LogP contribution in [0.3, 0.4) is 0 Å². The van der Waals surface area contributed by atoms with Gasteiger partial charge < -0.3 is 4.55 Å². The summed E-state index contributed by atoms with van der Waals surface area (Å²) in [6.07, 6.45) is 0. The monoisotopic (exact) mass is 152 g/mol. The highest BCUT2D eigenvalue weighted by Crippen LogP contribution is 1.99. The Morgan fingerprint density at radius 2 is 1.67 bits per heavy atom. The number of rotatable bonds is 1. The van der Waals surface area contributed by atoms with Crippen molar-refractivity contribution in [3.63, 3.8) is 0 Å². The minimum atomic E-state index is -4.28. The van der Waals surface area contributed by atoms with Crippen molar-refractivity contribution in [2.75, 3.05) is 0 Å². The predicted molar refractivity (Wildman–Crippen MR) is 32.6 cm³/mol. The Hall–Kier alpha value is -0.130. The van der Waals surface area contributed by atoms with E-state index in [1.165, 1.54) is 0 Å². The van der Waals surface area contributed by atoms with Crippen molar-refractivity contribution in [2.45, 2.75) is 26.3 Å². The van der Waals surface area contributed by atoms with Gasteiger partial charge in [-0.2, -0.15) is 0 Å². The Labute approximate surface area is 55.1 Å². The molecule has 0 aromatic heterocycles. The fraction of sp³-hybridized carbons (Fsp3) is 1.00. The molecule has 0 saturated carbocycles. The van der Waals surface area contributed by atoms with E-state index in [0.29, 0.717) is 0 Å². The van der Waals surface area contributed by atoms with Gasteiger partial charge in [0.1, 0.15) is 0 Å². The molecule has 1 N–H and O–H groups in total. The Morgan fingerprint density at radius 1 is 1.33 bits per heavy atom. The molecule has 0 heterocycles. The highest BCUT2D eigenvalue weighted by molar-refractivity contribution is 7.83. The molecule has 0 spiro atoms. The average Bonchev–Trinajstić information content (AvgIpc) is 1.14. The summed E-state index contributed by atoms with van der Waals surface area (Å²) < 4.78 is 31.8. The normalized spacial score (nSPS) is 13.8. The molecule has 0 aromatic rings. The third kappa shape index (κ3) is 7.87. The van der Waals surface area contributed by atoms with Crippen LogP contribution < -0.4 is 4.72 Å². The quantitative estimate of drug-likeness (QED) is 0.530. The fourth-order valence-electron chi connectivity index (χ4n) is 0.375. The molecule has 0 amide bonds. The lowest BCUT2D eigenvalue weighted by Crippen LogP contribution is -2.40. The van der Waals surface area contributed by atoms with Crippen LogP contribution in [0.25, 0.3) is 0 Å². The maximum absolute atomic E-state index is 9.98. The maximum atomic E-state index is 9.98. The van der Waals surface area contributed by atoms with Gasteiger partial charge in [0.05, 0.1) is 0 Å². The van der Waals surface area contributed by atoms with Crippen LogP contribution in [0.5, 0.6) is 0 Å². The summed E-state index contributed by atoms with van der Waals surface area (Å²) in [5.41, 5.74) is -0.666. The molecule has 0 saturated heterocycles. The molecule has 56 valence electrons. The first-order valence-corrected chi connectivity index (χ1v) is 3.86. The first kappa shape index (κ1) is 8.87. The van der Waals surface area contributed by atoms with Gasteiger partial charge in [0.15, 0.2) is 10.3 Å². The van der Waals surface area contributed by atoms with Crippen LogP contribution in [0.1, 0.15) is 20.8 Å². The summed E-state index contributed by atoms with van der Waals surface area (Å²) in [6.45, 7) is 4.80. The van der Waals surface area contributed by atoms with E-state index in [1.807, 2.05) is 4.72 Å². The van der Waals surface area contributed by atoms with Gasteiger partial charge in [-0.1, -0.05) is 0 Å². The lowest BCUT2D eigenvalue weighted by Gasteiger charge is -2.22. The van der Waals surface area contributed by atoms with E-state index in [-0.39, 0.29) is 0 Å². The summed E-state index contributed by atoms with van der Waals surface area (Å²) >= 11 is 0. The minimum Gasteiger partial charge on any atom is -0.735 e. The molecule has 0 aliphatic rings. The topological polar surface area (TPSA) is 69.2 Å². The molecule has 0 aliphatic heterocycles. The predicted octanol–water partition coefficient (Wildman–Crippen LogP) is -0.165. The highest BCUT2D eigenvalue weighted by atomic mass is 32.2. The SMILES string of the molecule is CC(C)(C)NS(=O)(=O)[O-]. The van der Waals surface area contributed by atoms with Crippen LogP contribution in [-0.2, 0) is 10.3 Å². The summed E-state index contributed by atoms with van der Waals surface area (Å²) in [5, 5.41) is 0. The molecule has 0 bridgehead atoms. The molecule has 0 atom stereocenters. The summed E-state index contributed by atoms with van der Waals surface area (Å²) in [4.78, 5) is 0. The molecule has 4 nitrogen and oxygen atoms in total. The third-order valence-corrected chi connectivity index (χ3v) is 1.29. The van der Waals surface area contributed by atoms with Gasteiger partial charge >= 0.3 is 0 Å². The van der Waals surface area contributed by atoms with E-state index < -0.39 is 15.8 Å². The lowest BCUT2D eigenvalue weighted by atomic mass is 10.1. The highest BCUT2D eigenvalue weighted by Gasteiger charge is 2.11.